The predicted molar refractivity (Wildman–Crippen MR) is 53.6 cm³/mol. The third kappa shape index (κ3) is 2.91. The van der Waals surface area contributed by atoms with Gasteiger partial charge in [0.1, 0.15) is 5.82 Å². The number of nitrogen functional groups attached to an aromatic ring is 1. The highest BCUT2D eigenvalue weighted by molar-refractivity contribution is 5.60. The highest BCUT2D eigenvalue weighted by atomic mass is 16.5. The summed E-state index contributed by atoms with van der Waals surface area (Å²) in [5.41, 5.74) is 6.36. The Morgan fingerprint density at radius 3 is 3.08 bits per heavy atom. The van der Waals surface area contributed by atoms with Gasteiger partial charge >= 0.3 is 0 Å². The number of ether oxygens (including phenoxy) is 1. The van der Waals surface area contributed by atoms with Crippen molar-refractivity contribution >= 4 is 11.5 Å². The van der Waals surface area contributed by atoms with Crippen LogP contribution >= 0.6 is 0 Å². The molecule has 1 unspecified atom stereocenters. The molecular weight excluding hydrogens is 166 g/mol. The van der Waals surface area contributed by atoms with Crippen LogP contribution in [0.5, 0.6) is 0 Å². The van der Waals surface area contributed by atoms with Gasteiger partial charge < -0.3 is 15.8 Å². The van der Waals surface area contributed by atoms with Crippen LogP contribution in [0.15, 0.2) is 18.3 Å². The van der Waals surface area contributed by atoms with Crippen molar-refractivity contribution < 1.29 is 4.74 Å². The maximum Gasteiger partial charge on any atom is 0.149 e. The van der Waals surface area contributed by atoms with Gasteiger partial charge in [-0.1, -0.05) is 0 Å². The molecule has 72 valence electrons. The topological polar surface area (TPSA) is 60.2 Å². The minimum atomic E-state index is 0.210. The van der Waals surface area contributed by atoms with Crippen LogP contribution in [-0.2, 0) is 4.74 Å². The van der Waals surface area contributed by atoms with E-state index >= 15 is 0 Å². The summed E-state index contributed by atoms with van der Waals surface area (Å²) in [7, 11) is 1.67. The molecule has 1 aromatic heterocycles. The molecule has 1 heterocycles. The smallest absolute Gasteiger partial charge is 0.149 e. The third-order valence-electron chi connectivity index (χ3n) is 1.64. The zero-order valence-corrected chi connectivity index (χ0v) is 7.95. The molecule has 0 bridgehead atoms. The van der Waals surface area contributed by atoms with Crippen LogP contribution in [0.4, 0.5) is 11.5 Å². The monoisotopic (exact) mass is 181 g/mol. The van der Waals surface area contributed by atoms with E-state index in [2.05, 4.69) is 10.3 Å². The van der Waals surface area contributed by atoms with Crippen molar-refractivity contribution in [1.29, 1.82) is 0 Å². The molecule has 1 aromatic rings. The molecule has 13 heavy (non-hydrogen) atoms. The van der Waals surface area contributed by atoms with E-state index in [0.29, 0.717) is 18.1 Å². The molecule has 0 aliphatic rings. The quantitative estimate of drug-likeness (QED) is 0.730. The van der Waals surface area contributed by atoms with Crippen molar-refractivity contribution in [2.24, 2.45) is 0 Å². The molecule has 0 fully saturated rings. The fourth-order valence-corrected chi connectivity index (χ4v) is 1.06. The van der Waals surface area contributed by atoms with Crippen LogP contribution in [0.1, 0.15) is 6.92 Å². The maximum absolute atomic E-state index is 5.70. The van der Waals surface area contributed by atoms with Gasteiger partial charge in [-0.15, -0.1) is 0 Å². The van der Waals surface area contributed by atoms with Crippen LogP contribution in [0.25, 0.3) is 0 Å². The van der Waals surface area contributed by atoms with E-state index in [-0.39, 0.29) is 6.04 Å². The fourth-order valence-electron chi connectivity index (χ4n) is 1.06. The Labute approximate surface area is 78.1 Å². The largest absolute Gasteiger partial charge is 0.396 e. The van der Waals surface area contributed by atoms with E-state index in [0.717, 1.165) is 0 Å². The van der Waals surface area contributed by atoms with Gasteiger partial charge in [0, 0.05) is 19.3 Å². The minimum absolute atomic E-state index is 0.210. The number of aromatic nitrogens is 1. The normalized spacial score (nSPS) is 12.5. The first-order valence-electron chi connectivity index (χ1n) is 4.20. The van der Waals surface area contributed by atoms with Crippen LogP contribution in [-0.4, -0.2) is 24.7 Å². The lowest BCUT2D eigenvalue weighted by Gasteiger charge is -2.14. The van der Waals surface area contributed by atoms with Gasteiger partial charge in [-0.2, -0.15) is 0 Å². The van der Waals surface area contributed by atoms with E-state index in [1.165, 1.54) is 0 Å². The SMILES string of the molecule is COCC(C)Nc1ncccc1N. The lowest BCUT2D eigenvalue weighted by atomic mass is 10.3. The first kappa shape index (κ1) is 9.80. The second-order valence-corrected chi connectivity index (χ2v) is 2.94. The molecule has 0 saturated heterocycles. The summed E-state index contributed by atoms with van der Waals surface area (Å²) < 4.78 is 4.98. The zero-order valence-electron chi connectivity index (χ0n) is 7.95. The van der Waals surface area contributed by atoms with Gasteiger partial charge in [-0.3, -0.25) is 0 Å². The van der Waals surface area contributed by atoms with Gasteiger partial charge in [-0.25, -0.2) is 4.98 Å². The summed E-state index contributed by atoms with van der Waals surface area (Å²) in [6.07, 6.45) is 1.71. The zero-order chi connectivity index (χ0) is 9.68. The van der Waals surface area contributed by atoms with Crippen LogP contribution in [0.2, 0.25) is 0 Å². The van der Waals surface area contributed by atoms with Crippen molar-refractivity contribution in [2.75, 3.05) is 24.8 Å². The van der Waals surface area contributed by atoms with E-state index in [1.807, 2.05) is 19.1 Å². The summed E-state index contributed by atoms with van der Waals surface area (Å²) in [6.45, 7) is 2.65. The average Bonchev–Trinajstić information content (AvgIpc) is 2.09. The molecule has 0 aliphatic heterocycles. The summed E-state index contributed by atoms with van der Waals surface area (Å²) in [5, 5.41) is 3.15. The lowest BCUT2D eigenvalue weighted by molar-refractivity contribution is 0.190. The number of nitrogens with one attached hydrogen (secondary N) is 1. The third-order valence-corrected chi connectivity index (χ3v) is 1.64. The fraction of sp³-hybridized carbons (Fsp3) is 0.444. The number of hydrogen-bond acceptors (Lipinski definition) is 4. The van der Waals surface area contributed by atoms with Crippen molar-refractivity contribution in [1.82, 2.24) is 4.98 Å². The molecule has 0 spiro atoms. The lowest BCUT2D eigenvalue weighted by Crippen LogP contribution is -2.22. The molecule has 0 aromatic carbocycles. The second-order valence-electron chi connectivity index (χ2n) is 2.94. The highest BCUT2D eigenvalue weighted by Gasteiger charge is 2.03. The van der Waals surface area contributed by atoms with Crippen LogP contribution in [0.3, 0.4) is 0 Å². The molecule has 4 nitrogen and oxygen atoms in total. The molecule has 1 rings (SSSR count). The number of pyridine rings is 1. The Bertz CT molecular complexity index is 265. The van der Waals surface area contributed by atoms with E-state index in [9.17, 15) is 0 Å². The van der Waals surface area contributed by atoms with Crippen molar-refractivity contribution in [3.63, 3.8) is 0 Å². The predicted octanol–water partition coefficient (Wildman–Crippen LogP) is 1.11. The van der Waals surface area contributed by atoms with Crippen LogP contribution in [0, 0.1) is 0 Å². The Balaban J connectivity index is 2.58. The molecule has 0 aliphatic carbocycles. The standard InChI is InChI=1S/C9H15N3O/c1-7(6-13-2)12-9-8(10)4-3-5-11-9/h3-5,7H,6,10H2,1-2H3,(H,11,12). The summed E-state index contributed by atoms with van der Waals surface area (Å²) in [4.78, 5) is 4.11. The second kappa shape index (κ2) is 4.67. The molecule has 3 N–H and O–H groups in total. The Hall–Kier alpha value is -1.29. The first-order chi connectivity index (χ1) is 6.24. The average molecular weight is 181 g/mol. The highest BCUT2D eigenvalue weighted by Crippen LogP contribution is 2.13. The summed E-state index contributed by atoms with van der Waals surface area (Å²) in [5.74, 6) is 0.715. The van der Waals surface area contributed by atoms with Gasteiger partial charge in [0.2, 0.25) is 0 Å². The van der Waals surface area contributed by atoms with Crippen molar-refractivity contribution in [3.8, 4) is 0 Å². The van der Waals surface area contributed by atoms with Crippen molar-refractivity contribution in [2.45, 2.75) is 13.0 Å². The minimum Gasteiger partial charge on any atom is -0.396 e. The molecule has 0 radical (unpaired) electrons. The number of nitrogens with two attached hydrogens (primary N) is 1. The first-order valence-corrected chi connectivity index (χ1v) is 4.20. The Kier molecular flexibility index (Phi) is 3.52. The van der Waals surface area contributed by atoms with Gasteiger partial charge in [-0.05, 0) is 19.1 Å². The summed E-state index contributed by atoms with van der Waals surface area (Å²) in [6, 6.07) is 3.83. The Morgan fingerprint density at radius 1 is 1.69 bits per heavy atom. The van der Waals surface area contributed by atoms with E-state index in [4.69, 9.17) is 10.5 Å². The number of nitrogens with zero attached hydrogens (tertiary/aromatic N) is 1. The maximum atomic E-state index is 5.70. The number of anilines is 2. The van der Waals surface area contributed by atoms with Gasteiger partial charge in [0.25, 0.3) is 0 Å². The molecule has 1 atom stereocenters. The number of rotatable bonds is 4. The number of hydrogen-bond donors (Lipinski definition) is 2. The molecule has 0 amide bonds. The van der Waals surface area contributed by atoms with Crippen LogP contribution < -0.4 is 11.1 Å². The van der Waals surface area contributed by atoms with E-state index < -0.39 is 0 Å². The molecular formula is C9H15N3O. The van der Waals surface area contributed by atoms with Crippen molar-refractivity contribution in [3.05, 3.63) is 18.3 Å². The molecule has 4 heteroatoms. The van der Waals surface area contributed by atoms with Gasteiger partial charge in [0.15, 0.2) is 0 Å². The molecule has 0 saturated carbocycles. The van der Waals surface area contributed by atoms with Gasteiger partial charge in [0.05, 0.1) is 12.3 Å². The Morgan fingerprint density at radius 2 is 2.46 bits per heavy atom. The van der Waals surface area contributed by atoms with E-state index in [1.54, 1.807) is 13.3 Å². The number of methoxy groups -OCH3 is 1. The summed E-state index contributed by atoms with van der Waals surface area (Å²) >= 11 is 0.